The number of hydrogen-bond donors (Lipinski definition) is 0. The zero-order valence-corrected chi connectivity index (χ0v) is 17.0. The molecule has 3 aliphatic carbocycles. The van der Waals surface area contributed by atoms with E-state index in [4.69, 9.17) is 23.1 Å². The Kier molecular flexibility index (Phi) is 4.85. The molecule has 0 radical (unpaired) electrons. The zero-order chi connectivity index (χ0) is 21.6. The van der Waals surface area contributed by atoms with Crippen LogP contribution in [-0.4, -0.2) is 0 Å². The van der Waals surface area contributed by atoms with Gasteiger partial charge in [-0.15, -0.1) is 10.2 Å². The predicted octanol–water partition coefficient (Wildman–Crippen LogP) is 1.46. The fraction of sp³-hybridized carbons (Fsp3) is 0.0800. The number of halogens is 1. The summed E-state index contributed by atoms with van der Waals surface area (Å²) in [4.78, 5) is 0. The average Bonchev–Trinajstić information content (AvgIpc) is 2.78. The number of hydrogen-bond acceptors (Lipinski definition) is 4. The normalized spacial score (nSPS) is 17.7. The first-order chi connectivity index (χ1) is 14.9. The molecule has 1 heterocycles. The summed E-state index contributed by atoms with van der Waals surface area (Å²) in [5, 5.41) is 0. The molecule has 31 heavy (non-hydrogen) atoms. The third-order valence-corrected chi connectivity index (χ3v) is 5.79. The molecule has 0 aliphatic heterocycles. The van der Waals surface area contributed by atoms with Gasteiger partial charge in [0.2, 0.25) is 0 Å². The smallest absolute Gasteiger partial charge is 0.222 e. The molecule has 6 heteroatoms. The SMILES string of the molecule is [O-][Cl+3]([O-])([O-])[O-].c1ccc(-c2ccc3c([o+]2)C2c4ccccc4C3c3ccccc32)cc1. The van der Waals surface area contributed by atoms with Crippen molar-refractivity contribution in [1.82, 2.24) is 0 Å². The van der Waals surface area contributed by atoms with E-state index < -0.39 is 10.2 Å². The molecule has 1 aromatic heterocycles. The molecule has 3 aromatic carbocycles. The standard InChI is InChI=1S/C25H17O.ClHO4/c1-2-8-16(9-3-1)22-15-14-21-23-17-10-4-6-12-19(17)24(25(21)26-22)20-13-7-5-11-18(20)23;2-1(3,4)5/h1-15,23-24H;(H,2,3,4,5)/q+1;/p-1. The van der Waals surface area contributed by atoms with E-state index in [1.807, 2.05) is 6.07 Å². The Morgan fingerprint density at radius 2 is 0.968 bits per heavy atom. The van der Waals surface area contributed by atoms with Gasteiger partial charge in [0.15, 0.2) is 0 Å². The fourth-order valence-electron chi connectivity index (χ4n) is 4.71. The second-order valence-corrected chi connectivity index (χ2v) is 8.24. The van der Waals surface area contributed by atoms with Gasteiger partial charge in [0.25, 0.3) is 0 Å². The summed E-state index contributed by atoms with van der Waals surface area (Å²) in [6, 6.07) is 32.4. The predicted molar refractivity (Wildman–Crippen MR) is 103 cm³/mol. The number of benzene rings is 3. The second kappa shape index (κ2) is 7.57. The molecular formula is C25H17ClO5. The van der Waals surface area contributed by atoms with Gasteiger partial charge < -0.3 is 0 Å². The van der Waals surface area contributed by atoms with Gasteiger partial charge >= 0.3 is 11.5 Å². The molecule has 0 atom stereocenters. The van der Waals surface area contributed by atoms with Crippen LogP contribution in [0.4, 0.5) is 0 Å². The van der Waals surface area contributed by atoms with Gasteiger partial charge in [0.1, 0.15) is 5.92 Å². The molecule has 0 spiro atoms. The molecule has 0 amide bonds. The summed E-state index contributed by atoms with van der Waals surface area (Å²) < 4.78 is 40.5. The second-order valence-electron chi connectivity index (χ2n) is 7.49. The van der Waals surface area contributed by atoms with Gasteiger partial charge in [-0.25, -0.2) is 23.1 Å². The van der Waals surface area contributed by atoms with Crippen molar-refractivity contribution in [1.29, 1.82) is 0 Å². The molecule has 0 N–H and O–H groups in total. The average molecular weight is 433 g/mol. The van der Waals surface area contributed by atoms with E-state index in [-0.39, 0.29) is 11.8 Å². The molecule has 0 saturated carbocycles. The van der Waals surface area contributed by atoms with Crippen molar-refractivity contribution in [3.05, 3.63) is 125 Å². The van der Waals surface area contributed by atoms with E-state index in [0.29, 0.717) is 0 Å². The van der Waals surface area contributed by atoms with Crippen LogP contribution in [0.15, 0.2) is 95.4 Å². The van der Waals surface area contributed by atoms with Crippen LogP contribution in [0.2, 0.25) is 0 Å². The van der Waals surface area contributed by atoms with Crippen molar-refractivity contribution < 1.29 is 33.3 Å². The summed E-state index contributed by atoms with van der Waals surface area (Å²) >= 11 is 0. The van der Waals surface area contributed by atoms with E-state index >= 15 is 0 Å². The van der Waals surface area contributed by atoms with E-state index in [0.717, 1.165) is 17.1 Å². The summed E-state index contributed by atoms with van der Waals surface area (Å²) in [7, 11) is -4.94. The minimum absolute atomic E-state index is 0.186. The molecular weight excluding hydrogens is 416 g/mol. The Balaban J connectivity index is 0.000000371. The van der Waals surface area contributed by atoms with Crippen LogP contribution in [0, 0.1) is 10.2 Å². The maximum atomic E-state index is 8.49. The lowest BCUT2D eigenvalue weighted by Gasteiger charge is -2.36. The van der Waals surface area contributed by atoms with Gasteiger partial charge in [-0.3, -0.25) is 0 Å². The first-order valence-corrected chi connectivity index (χ1v) is 11.0. The van der Waals surface area contributed by atoms with Gasteiger partial charge in [0.05, 0.1) is 11.1 Å². The van der Waals surface area contributed by atoms with Crippen molar-refractivity contribution in [2.75, 3.05) is 0 Å². The molecule has 0 fully saturated rings. The van der Waals surface area contributed by atoms with Crippen LogP contribution >= 0.6 is 0 Å². The zero-order valence-electron chi connectivity index (χ0n) is 16.2. The largest absolute Gasteiger partial charge is 0.360 e. The topological polar surface area (TPSA) is 104 Å². The van der Waals surface area contributed by atoms with Crippen molar-refractivity contribution in [2.24, 2.45) is 0 Å². The van der Waals surface area contributed by atoms with E-state index in [1.54, 1.807) is 0 Å². The molecule has 7 rings (SSSR count). The van der Waals surface area contributed by atoms with Crippen molar-refractivity contribution >= 4 is 0 Å². The molecule has 4 aromatic rings. The first kappa shape index (κ1) is 19.9. The molecule has 2 bridgehead atoms. The lowest BCUT2D eigenvalue weighted by Crippen LogP contribution is -2.68. The molecule has 0 saturated heterocycles. The van der Waals surface area contributed by atoms with Crippen LogP contribution < -0.4 is 18.6 Å². The van der Waals surface area contributed by atoms with Crippen molar-refractivity contribution in [3.8, 4) is 11.3 Å². The maximum absolute atomic E-state index is 8.49. The van der Waals surface area contributed by atoms with Crippen LogP contribution in [0.1, 0.15) is 45.4 Å². The Labute approximate surface area is 181 Å². The number of rotatable bonds is 1. The highest BCUT2D eigenvalue weighted by Gasteiger charge is 2.48. The quantitative estimate of drug-likeness (QED) is 0.366. The highest BCUT2D eigenvalue weighted by atomic mass is 35.7. The highest BCUT2D eigenvalue weighted by Crippen LogP contribution is 2.55. The minimum atomic E-state index is -4.94. The van der Waals surface area contributed by atoms with Gasteiger partial charge in [-0.2, -0.15) is 0 Å². The van der Waals surface area contributed by atoms with Gasteiger partial charge in [-0.1, -0.05) is 66.7 Å². The maximum Gasteiger partial charge on any atom is 0.360 e. The van der Waals surface area contributed by atoms with Crippen LogP contribution in [-0.2, 0) is 0 Å². The van der Waals surface area contributed by atoms with Crippen LogP contribution in [0.3, 0.4) is 0 Å². The fourth-order valence-corrected chi connectivity index (χ4v) is 4.71. The Morgan fingerprint density at radius 1 is 0.516 bits per heavy atom. The van der Waals surface area contributed by atoms with E-state index in [2.05, 4.69) is 84.9 Å². The lowest BCUT2D eigenvalue weighted by atomic mass is 9.63. The summed E-state index contributed by atoms with van der Waals surface area (Å²) in [6.45, 7) is 0. The summed E-state index contributed by atoms with van der Waals surface area (Å²) in [5.74, 6) is 2.50. The summed E-state index contributed by atoms with van der Waals surface area (Å²) in [5.41, 5.74) is 8.05. The van der Waals surface area contributed by atoms with E-state index in [1.165, 1.54) is 27.8 Å². The Bertz CT molecular complexity index is 1200. The monoisotopic (exact) mass is 432 g/mol. The molecule has 0 unspecified atom stereocenters. The lowest BCUT2D eigenvalue weighted by molar-refractivity contribution is -2.00. The van der Waals surface area contributed by atoms with Crippen molar-refractivity contribution in [2.45, 2.75) is 11.8 Å². The van der Waals surface area contributed by atoms with Crippen LogP contribution in [0.5, 0.6) is 0 Å². The third kappa shape index (κ3) is 3.63. The summed E-state index contributed by atoms with van der Waals surface area (Å²) in [6.07, 6.45) is 0. The van der Waals surface area contributed by atoms with Gasteiger partial charge in [0, 0.05) is 12.0 Å². The molecule has 3 aliphatic rings. The Morgan fingerprint density at radius 3 is 1.48 bits per heavy atom. The highest BCUT2D eigenvalue weighted by molar-refractivity contribution is 5.67. The Hall–Kier alpha value is -3.06. The molecule has 5 nitrogen and oxygen atoms in total. The minimum Gasteiger partial charge on any atom is -0.222 e. The van der Waals surface area contributed by atoms with Gasteiger partial charge in [-0.05, 0) is 40.5 Å². The third-order valence-electron chi connectivity index (χ3n) is 5.79. The van der Waals surface area contributed by atoms with Crippen molar-refractivity contribution in [3.63, 3.8) is 0 Å². The molecule has 154 valence electrons. The van der Waals surface area contributed by atoms with E-state index in [9.17, 15) is 0 Å². The van der Waals surface area contributed by atoms with Crippen LogP contribution in [0.25, 0.3) is 11.3 Å². The first-order valence-electron chi connectivity index (χ1n) is 9.73.